The van der Waals surface area contributed by atoms with Crippen LogP contribution in [-0.2, 0) is 0 Å². The van der Waals surface area contributed by atoms with Crippen LogP contribution in [0, 0.1) is 20.8 Å². The first kappa shape index (κ1) is 12.8. The van der Waals surface area contributed by atoms with Gasteiger partial charge in [0.25, 0.3) is 0 Å². The number of aryl methyl sites for hydroxylation is 3. The number of aromatic nitrogens is 2. The molecule has 0 fully saturated rings. The molecule has 2 aromatic heterocycles. The van der Waals surface area contributed by atoms with E-state index in [1.807, 2.05) is 51.1 Å². The maximum Gasteiger partial charge on any atom is 0.137 e. The number of hydrogen-bond acceptors (Lipinski definition) is 4. The Morgan fingerprint density at radius 2 is 1.90 bits per heavy atom. The molecular formula is C16H17N3O. The molecule has 0 saturated carbocycles. The molecule has 0 aliphatic carbocycles. The van der Waals surface area contributed by atoms with Crippen LogP contribution in [0.5, 0.6) is 0 Å². The van der Waals surface area contributed by atoms with E-state index in [2.05, 4.69) is 10.2 Å². The van der Waals surface area contributed by atoms with Gasteiger partial charge in [-0.25, -0.2) is 0 Å². The number of nitrogens with zero attached hydrogens (tertiary/aromatic N) is 2. The van der Waals surface area contributed by atoms with Gasteiger partial charge in [-0.15, -0.1) is 0 Å². The van der Waals surface area contributed by atoms with Gasteiger partial charge in [-0.3, -0.25) is 0 Å². The van der Waals surface area contributed by atoms with E-state index in [9.17, 15) is 0 Å². The van der Waals surface area contributed by atoms with E-state index in [0.717, 1.165) is 39.2 Å². The topological polar surface area (TPSA) is 64.9 Å². The average Bonchev–Trinajstić information content (AvgIpc) is 2.86. The molecule has 0 amide bonds. The highest BCUT2D eigenvalue weighted by molar-refractivity contribution is 5.81. The van der Waals surface area contributed by atoms with Gasteiger partial charge >= 0.3 is 0 Å². The lowest BCUT2D eigenvalue weighted by Crippen LogP contribution is -2.14. The summed E-state index contributed by atoms with van der Waals surface area (Å²) in [6, 6.07) is 9.73. The molecule has 0 bridgehead atoms. The number of nitrogens with two attached hydrogens (primary N) is 1. The van der Waals surface area contributed by atoms with Crippen LogP contribution in [0.15, 0.2) is 34.7 Å². The van der Waals surface area contributed by atoms with Crippen LogP contribution in [0.1, 0.15) is 34.3 Å². The van der Waals surface area contributed by atoms with E-state index in [0.29, 0.717) is 0 Å². The first-order valence-electron chi connectivity index (χ1n) is 6.61. The lowest BCUT2D eigenvalue weighted by Gasteiger charge is -2.11. The van der Waals surface area contributed by atoms with Crippen LogP contribution in [0.4, 0.5) is 0 Å². The minimum absolute atomic E-state index is 0.323. The maximum atomic E-state index is 6.34. The van der Waals surface area contributed by atoms with Crippen molar-refractivity contribution >= 4 is 11.0 Å². The molecule has 2 N–H and O–H groups in total. The normalized spacial score (nSPS) is 12.8. The van der Waals surface area contributed by atoms with E-state index in [-0.39, 0.29) is 6.04 Å². The van der Waals surface area contributed by atoms with Gasteiger partial charge in [0.2, 0.25) is 0 Å². The highest BCUT2D eigenvalue weighted by atomic mass is 16.3. The molecule has 4 heteroatoms. The van der Waals surface area contributed by atoms with Crippen molar-refractivity contribution in [3.8, 4) is 0 Å². The van der Waals surface area contributed by atoms with E-state index < -0.39 is 0 Å². The molecular weight excluding hydrogens is 250 g/mol. The molecule has 0 saturated heterocycles. The molecule has 0 spiro atoms. The molecule has 0 radical (unpaired) electrons. The average molecular weight is 267 g/mol. The van der Waals surface area contributed by atoms with Gasteiger partial charge in [0.05, 0.1) is 17.4 Å². The monoisotopic (exact) mass is 267 g/mol. The van der Waals surface area contributed by atoms with Crippen molar-refractivity contribution in [2.75, 3.05) is 0 Å². The van der Waals surface area contributed by atoms with E-state index in [1.165, 1.54) is 0 Å². The maximum absolute atomic E-state index is 6.34. The Hall–Kier alpha value is -2.20. The molecule has 1 aromatic carbocycles. The summed E-state index contributed by atoms with van der Waals surface area (Å²) < 4.78 is 5.94. The number of rotatable bonds is 2. The zero-order valence-corrected chi connectivity index (χ0v) is 11.8. The largest absolute Gasteiger partial charge is 0.459 e. The second kappa shape index (κ2) is 4.72. The van der Waals surface area contributed by atoms with Crippen molar-refractivity contribution in [3.05, 3.63) is 58.6 Å². The van der Waals surface area contributed by atoms with Crippen molar-refractivity contribution in [1.29, 1.82) is 0 Å². The zero-order chi connectivity index (χ0) is 14.3. The summed E-state index contributed by atoms with van der Waals surface area (Å²) in [7, 11) is 0. The second-order valence-corrected chi connectivity index (χ2v) is 5.15. The lowest BCUT2D eigenvalue weighted by atomic mass is 10.0. The molecule has 2 heterocycles. The molecule has 1 unspecified atom stereocenters. The van der Waals surface area contributed by atoms with Crippen LogP contribution in [0.25, 0.3) is 11.0 Å². The van der Waals surface area contributed by atoms with E-state index in [1.54, 1.807) is 0 Å². The molecule has 20 heavy (non-hydrogen) atoms. The minimum atomic E-state index is -0.323. The summed E-state index contributed by atoms with van der Waals surface area (Å²) in [6.45, 7) is 5.85. The molecule has 3 aromatic rings. The second-order valence-electron chi connectivity index (χ2n) is 5.15. The first-order valence-corrected chi connectivity index (χ1v) is 6.61. The Kier molecular flexibility index (Phi) is 3.03. The predicted molar refractivity (Wildman–Crippen MR) is 78.5 cm³/mol. The fraction of sp³-hybridized carbons (Fsp3) is 0.250. The van der Waals surface area contributed by atoms with Crippen LogP contribution >= 0.6 is 0 Å². The molecule has 0 aliphatic heterocycles. The highest BCUT2D eigenvalue weighted by Crippen LogP contribution is 2.29. The smallest absolute Gasteiger partial charge is 0.137 e. The molecule has 4 nitrogen and oxygen atoms in total. The number of furan rings is 1. The van der Waals surface area contributed by atoms with Crippen LogP contribution in [0.2, 0.25) is 0 Å². The third kappa shape index (κ3) is 2.08. The van der Waals surface area contributed by atoms with Crippen molar-refractivity contribution in [1.82, 2.24) is 10.2 Å². The SMILES string of the molecule is Cc1cc(C(N)c2cc3cccc(C)c3o2)c(C)nn1. The zero-order valence-electron chi connectivity index (χ0n) is 11.8. The summed E-state index contributed by atoms with van der Waals surface area (Å²) in [5.74, 6) is 0.754. The molecule has 1 atom stereocenters. The third-order valence-electron chi connectivity index (χ3n) is 3.54. The van der Waals surface area contributed by atoms with Gasteiger partial charge < -0.3 is 10.2 Å². The summed E-state index contributed by atoms with van der Waals surface area (Å²) in [5.41, 5.74) is 11.0. The molecule has 102 valence electrons. The number of para-hydroxylation sites is 1. The van der Waals surface area contributed by atoms with Gasteiger partial charge in [0.1, 0.15) is 11.3 Å². The Morgan fingerprint density at radius 1 is 1.10 bits per heavy atom. The summed E-state index contributed by atoms with van der Waals surface area (Å²) >= 11 is 0. The van der Waals surface area contributed by atoms with Gasteiger partial charge in [-0.2, -0.15) is 10.2 Å². The van der Waals surface area contributed by atoms with Gasteiger partial charge in [0, 0.05) is 10.9 Å². The fourth-order valence-electron chi connectivity index (χ4n) is 2.42. The Balaban J connectivity index is 2.10. The van der Waals surface area contributed by atoms with Crippen LogP contribution < -0.4 is 5.73 Å². The summed E-state index contributed by atoms with van der Waals surface area (Å²) in [4.78, 5) is 0. The predicted octanol–water partition coefficient (Wildman–Crippen LogP) is 3.20. The Labute approximate surface area is 117 Å². The number of benzene rings is 1. The van der Waals surface area contributed by atoms with Gasteiger partial charge in [-0.1, -0.05) is 18.2 Å². The number of hydrogen-bond donors (Lipinski definition) is 1. The first-order chi connectivity index (χ1) is 9.56. The summed E-state index contributed by atoms with van der Waals surface area (Å²) in [6.07, 6.45) is 0. The lowest BCUT2D eigenvalue weighted by molar-refractivity contribution is 0.521. The molecule has 0 aliphatic rings. The molecule has 3 rings (SSSR count). The van der Waals surface area contributed by atoms with E-state index >= 15 is 0 Å². The highest BCUT2D eigenvalue weighted by Gasteiger charge is 2.18. The van der Waals surface area contributed by atoms with Crippen molar-refractivity contribution in [3.63, 3.8) is 0 Å². The minimum Gasteiger partial charge on any atom is -0.459 e. The Bertz CT molecular complexity index is 776. The third-order valence-corrected chi connectivity index (χ3v) is 3.54. The number of fused-ring (bicyclic) bond motifs is 1. The summed E-state index contributed by atoms with van der Waals surface area (Å²) in [5, 5.41) is 9.24. The van der Waals surface area contributed by atoms with Gasteiger partial charge in [0.15, 0.2) is 0 Å². The van der Waals surface area contributed by atoms with Gasteiger partial charge in [-0.05, 0) is 38.5 Å². The van der Waals surface area contributed by atoms with Crippen LogP contribution in [-0.4, -0.2) is 10.2 Å². The van der Waals surface area contributed by atoms with Crippen molar-refractivity contribution in [2.45, 2.75) is 26.8 Å². The van der Waals surface area contributed by atoms with Crippen molar-refractivity contribution in [2.24, 2.45) is 5.73 Å². The van der Waals surface area contributed by atoms with Crippen molar-refractivity contribution < 1.29 is 4.42 Å². The van der Waals surface area contributed by atoms with E-state index in [4.69, 9.17) is 10.2 Å². The standard InChI is InChI=1S/C16H17N3O/c1-9-5-4-6-12-8-14(20-16(9)12)15(17)13-7-10(2)18-19-11(13)3/h4-8,15H,17H2,1-3H3. The van der Waals surface area contributed by atoms with Crippen LogP contribution in [0.3, 0.4) is 0 Å². The Morgan fingerprint density at radius 3 is 2.65 bits per heavy atom. The fourth-order valence-corrected chi connectivity index (χ4v) is 2.42. The quantitative estimate of drug-likeness (QED) is 0.774.